The van der Waals surface area contributed by atoms with Crippen molar-refractivity contribution in [1.82, 2.24) is 45.4 Å². The van der Waals surface area contributed by atoms with Gasteiger partial charge in [0.15, 0.2) is 0 Å². The van der Waals surface area contributed by atoms with Crippen LogP contribution >= 0.6 is 0 Å². The Kier molecular flexibility index (Phi) is 3.67. The number of unbranched alkanes of at least 4 members (excludes halogenated alkanes) is 1. The van der Waals surface area contributed by atoms with Crippen LogP contribution in [0.15, 0.2) is 30.7 Å². The summed E-state index contributed by atoms with van der Waals surface area (Å²) in [7, 11) is 0. The quantitative estimate of drug-likeness (QED) is 0.590. The monoisotopic (exact) mass is 271 g/mol. The number of aromatic nitrogens is 9. The van der Waals surface area contributed by atoms with E-state index in [1.165, 1.54) is 0 Å². The van der Waals surface area contributed by atoms with Gasteiger partial charge >= 0.3 is 0 Å². The van der Waals surface area contributed by atoms with Crippen LogP contribution in [0.2, 0.25) is 0 Å². The van der Waals surface area contributed by atoms with Crippen LogP contribution in [0, 0.1) is 0 Å². The van der Waals surface area contributed by atoms with E-state index in [1.54, 1.807) is 21.9 Å². The van der Waals surface area contributed by atoms with Crippen LogP contribution in [0.4, 0.5) is 0 Å². The molecule has 0 amide bonds. The maximum atomic E-state index is 4.26. The average molecular weight is 271 g/mol. The first kappa shape index (κ1) is 12.3. The van der Waals surface area contributed by atoms with E-state index in [9.17, 15) is 0 Å². The third-order valence-corrected chi connectivity index (χ3v) is 2.82. The predicted octanol–water partition coefficient (Wildman–Crippen LogP) is 0.202. The van der Waals surface area contributed by atoms with Gasteiger partial charge in [-0.1, -0.05) is 6.07 Å². The Morgan fingerprint density at radius 3 is 2.75 bits per heavy atom. The first-order valence-corrected chi connectivity index (χ1v) is 6.32. The normalized spacial score (nSPS) is 10.8. The fourth-order valence-electron chi connectivity index (χ4n) is 1.85. The molecule has 0 unspecified atom stereocenters. The second kappa shape index (κ2) is 5.95. The molecule has 0 saturated carbocycles. The molecule has 0 aromatic carbocycles. The van der Waals surface area contributed by atoms with E-state index in [-0.39, 0.29) is 0 Å². The van der Waals surface area contributed by atoms with Crippen LogP contribution in [0.25, 0.3) is 11.5 Å². The number of pyridine rings is 1. The number of rotatable bonds is 6. The highest BCUT2D eigenvalue weighted by Crippen LogP contribution is 2.12. The summed E-state index contributed by atoms with van der Waals surface area (Å²) in [5.41, 5.74) is 0.776. The number of tetrazole rings is 2. The second-order valence-corrected chi connectivity index (χ2v) is 4.22. The molecule has 0 radical (unpaired) electrons. The van der Waals surface area contributed by atoms with E-state index in [0.717, 1.165) is 31.6 Å². The molecule has 0 atom stereocenters. The van der Waals surface area contributed by atoms with Gasteiger partial charge in [0.1, 0.15) is 12.0 Å². The number of aryl methyl sites for hydroxylation is 2. The first-order valence-electron chi connectivity index (χ1n) is 6.32. The van der Waals surface area contributed by atoms with Gasteiger partial charge in [0, 0.05) is 19.3 Å². The van der Waals surface area contributed by atoms with Crippen LogP contribution in [-0.4, -0.2) is 45.4 Å². The summed E-state index contributed by atoms with van der Waals surface area (Å²) >= 11 is 0. The molecule has 0 aliphatic carbocycles. The van der Waals surface area contributed by atoms with E-state index in [0.29, 0.717) is 5.82 Å². The number of nitrogens with zero attached hydrogens (tertiary/aromatic N) is 9. The molecule has 0 N–H and O–H groups in total. The fraction of sp³-hybridized carbons (Fsp3) is 0.364. The largest absolute Gasteiger partial charge is 0.253 e. The van der Waals surface area contributed by atoms with Gasteiger partial charge in [-0.05, 0) is 45.8 Å². The number of hydrogen-bond acceptors (Lipinski definition) is 7. The lowest BCUT2D eigenvalue weighted by molar-refractivity contribution is 0.489. The van der Waals surface area contributed by atoms with Crippen molar-refractivity contribution in [3.63, 3.8) is 0 Å². The van der Waals surface area contributed by atoms with Gasteiger partial charge in [-0.2, -0.15) is 0 Å². The molecule has 0 bridgehead atoms. The molecule has 0 fully saturated rings. The molecule has 3 aromatic heterocycles. The van der Waals surface area contributed by atoms with Gasteiger partial charge in [-0.3, -0.25) is 4.98 Å². The molecule has 0 aliphatic rings. The molecule has 9 nitrogen and oxygen atoms in total. The van der Waals surface area contributed by atoms with E-state index in [4.69, 9.17) is 0 Å². The van der Waals surface area contributed by atoms with Crippen LogP contribution < -0.4 is 0 Å². The van der Waals surface area contributed by atoms with E-state index >= 15 is 0 Å². The summed E-state index contributed by atoms with van der Waals surface area (Å²) in [6.07, 6.45) is 5.22. The minimum absolute atomic E-state index is 0.688. The highest BCUT2D eigenvalue weighted by molar-refractivity contribution is 5.47. The van der Waals surface area contributed by atoms with Gasteiger partial charge in [0.25, 0.3) is 0 Å². The third kappa shape index (κ3) is 2.82. The van der Waals surface area contributed by atoms with Crippen molar-refractivity contribution in [2.24, 2.45) is 0 Å². The Hall–Kier alpha value is -2.71. The molecule has 0 aliphatic heterocycles. The van der Waals surface area contributed by atoms with Crippen LogP contribution in [0.5, 0.6) is 0 Å². The molecular weight excluding hydrogens is 258 g/mol. The maximum Gasteiger partial charge on any atom is 0.200 e. The first-order chi connectivity index (χ1) is 9.93. The van der Waals surface area contributed by atoms with Crippen molar-refractivity contribution >= 4 is 0 Å². The highest BCUT2D eigenvalue weighted by Gasteiger charge is 2.09. The van der Waals surface area contributed by atoms with Gasteiger partial charge in [0.2, 0.25) is 5.82 Å². The lowest BCUT2D eigenvalue weighted by Crippen LogP contribution is -2.06. The molecule has 0 spiro atoms. The second-order valence-electron chi connectivity index (χ2n) is 4.22. The molecule has 3 aromatic rings. The predicted molar refractivity (Wildman–Crippen MR) is 68.1 cm³/mol. The third-order valence-electron chi connectivity index (χ3n) is 2.82. The van der Waals surface area contributed by atoms with Crippen LogP contribution in [0.1, 0.15) is 12.8 Å². The molecule has 102 valence electrons. The van der Waals surface area contributed by atoms with E-state index < -0.39 is 0 Å². The van der Waals surface area contributed by atoms with Crippen LogP contribution in [0.3, 0.4) is 0 Å². The van der Waals surface area contributed by atoms with Crippen molar-refractivity contribution in [2.75, 3.05) is 0 Å². The number of hydrogen-bond donors (Lipinski definition) is 0. The van der Waals surface area contributed by atoms with Gasteiger partial charge < -0.3 is 0 Å². The van der Waals surface area contributed by atoms with Crippen LogP contribution in [-0.2, 0) is 13.1 Å². The Morgan fingerprint density at radius 2 is 1.95 bits per heavy atom. The van der Waals surface area contributed by atoms with Gasteiger partial charge in [0.05, 0.1) is 0 Å². The summed E-state index contributed by atoms with van der Waals surface area (Å²) in [4.78, 5) is 4.26. The zero-order chi connectivity index (χ0) is 13.6. The molecular formula is C11H13N9. The summed E-state index contributed by atoms with van der Waals surface area (Å²) < 4.78 is 3.47. The molecule has 20 heavy (non-hydrogen) atoms. The van der Waals surface area contributed by atoms with Gasteiger partial charge in [-0.25, -0.2) is 9.36 Å². The van der Waals surface area contributed by atoms with Crippen molar-refractivity contribution < 1.29 is 0 Å². The lowest BCUT2D eigenvalue weighted by Gasteiger charge is -2.03. The maximum absolute atomic E-state index is 4.26. The standard InChI is InChI=1S/C11H13N9/c1-2-6-12-10(5-1)11-14-16-18-20(11)8-4-3-7-19-9-13-15-17-19/h1-2,5-6,9H,3-4,7-8H2. The van der Waals surface area contributed by atoms with Gasteiger partial charge in [-0.15, -0.1) is 10.2 Å². The molecule has 3 heterocycles. The minimum Gasteiger partial charge on any atom is -0.253 e. The zero-order valence-electron chi connectivity index (χ0n) is 10.7. The molecule has 9 heteroatoms. The summed E-state index contributed by atoms with van der Waals surface area (Å²) in [5.74, 6) is 0.688. The molecule has 0 saturated heterocycles. The summed E-state index contributed by atoms with van der Waals surface area (Å²) in [6.45, 7) is 1.52. The minimum atomic E-state index is 0.688. The SMILES string of the molecule is c1ccc(-c2nnnn2CCCCn2cnnn2)nc1. The summed E-state index contributed by atoms with van der Waals surface area (Å²) in [5, 5.41) is 22.7. The van der Waals surface area contributed by atoms with E-state index in [2.05, 4.69) is 36.0 Å². The van der Waals surface area contributed by atoms with Crippen molar-refractivity contribution in [3.8, 4) is 11.5 Å². The van der Waals surface area contributed by atoms with Crippen molar-refractivity contribution in [1.29, 1.82) is 0 Å². The molecule has 3 rings (SSSR count). The average Bonchev–Trinajstić information content (AvgIpc) is 3.16. The smallest absolute Gasteiger partial charge is 0.200 e. The van der Waals surface area contributed by atoms with Crippen molar-refractivity contribution in [3.05, 3.63) is 30.7 Å². The zero-order valence-corrected chi connectivity index (χ0v) is 10.7. The Balaban J connectivity index is 1.57. The summed E-state index contributed by atoms with van der Waals surface area (Å²) in [6, 6.07) is 5.67. The Bertz CT molecular complexity index is 631. The highest BCUT2D eigenvalue weighted by atomic mass is 15.5. The Morgan fingerprint density at radius 1 is 1.00 bits per heavy atom. The Labute approximate surface area is 114 Å². The lowest BCUT2D eigenvalue weighted by atomic mass is 10.3. The van der Waals surface area contributed by atoms with Crippen molar-refractivity contribution in [2.45, 2.75) is 25.9 Å². The fourth-order valence-corrected chi connectivity index (χ4v) is 1.85. The van der Waals surface area contributed by atoms with E-state index in [1.807, 2.05) is 18.2 Å². The topological polar surface area (TPSA) is 100 Å².